The number of anilines is 1. The van der Waals surface area contributed by atoms with Crippen LogP contribution in [0.3, 0.4) is 0 Å². The Labute approximate surface area is 146 Å². The SMILES string of the molecule is Cc1ccc(-c2csc(NC(=O)C=Cc3ccc([N+](=O)[O-])cc3)n2)o1. The minimum atomic E-state index is -0.471. The summed E-state index contributed by atoms with van der Waals surface area (Å²) in [5.41, 5.74) is 1.35. The van der Waals surface area contributed by atoms with Gasteiger partial charge in [0.2, 0.25) is 5.91 Å². The first-order valence-corrected chi connectivity index (χ1v) is 8.15. The van der Waals surface area contributed by atoms with Gasteiger partial charge in [0.15, 0.2) is 10.9 Å². The molecule has 1 N–H and O–H groups in total. The molecule has 7 nitrogen and oxygen atoms in total. The van der Waals surface area contributed by atoms with Crippen LogP contribution in [0.5, 0.6) is 0 Å². The number of amides is 1. The molecule has 0 bridgehead atoms. The number of non-ortho nitro benzene ring substituents is 1. The van der Waals surface area contributed by atoms with E-state index >= 15 is 0 Å². The van der Waals surface area contributed by atoms with Crippen molar-refractivity contribution in [3.05, 3.63) is 69.3 Å². The molecule has 1 aromatic carbocycles. The molecule has 2 heterocycles. The van der Waals surface area contributed by atoms with Crippen LogP contribution in [0.1, 0.15) is 11.3 Å². The van der Waals surface area contributed by atoms with Crippen molar-refractivity contribution < 1.29 is 14.1 Å². The molecule has 126 valence electrons. The zero-order valence-electron chi connectivity index (χ0n) is 13.1. The molecule has 2 aromatic heterocycles. The fraction of sp³-hybridized carbons (Fsp3) is 0.0588. The number of nitro benzene ring substituents is 1. The van der Waals surface area contributed by atoms with Crippen molar-refractivity contribution in [1.29, 1.82) is 0 Å². The topological polar surface area (TPSA) is 98.3 Å². The van der Waals surface area contributed by atoms with Crippen molar-refractivity contribution in [2.24, 2.45) is 0 Å². The zero-order chi connectivity index (χ0) is 17.8. The Morgan fingerprint density at radius 1 is 1.28 bits per heavy atom. The lowest BCUT2D eigenvalue weighted by Gasteiger charge is -1.96. The molecule has 0 saturated carbocycles. The fourth-order valence-electron chi connectivity index (χ4n) is 2.04. The summed E-state index contributed by atoms with van der Waals surface area (Å²) in [6.07, 6.45) is 2.92. The highest BCUT2D eigenvalue weighted by molar-refractivity contribution is 7.14. The van der Waals surface area contributed by atoms with Crippen LogP contribution in [0.4, 0.5) is 10.8 Å². The third-order valence-electron chi connectivity index (χ3n) is 3.26. The largest absolute Gasteiger partial charge is 0.460 e. The maximum absolute atomic E-state index is 11.9. The van der Waals surface area contributed by atoms with Crippen LogP contribution in [0.25, 0.3) is 17.5 Å². The van der Waals surface area contributed by atoms with Crippen LogP contribution in [-0.2, 0) is 4.79 Å². The van der Waals surface area contributed by atoms with Crippen molar-refractivity contribution in [2.45, 2.75) is 6.92 Å². The van der Waals surface area contributed by atoms with Crippen LogP contribution in [0, 0.1) is 17.0 Å². The summed E-state index contributed by atoms with van der Waals surface area (Å²) in [6.45, 7) is 1.85. The van der Waals surface area contributed by atoms with Gasteiger partial charge in [0.05, 0.1) is 4.92 Å². The van der Waals surface area contributed by atoms with E-state index in [2.05, 4.69) is 10.3 Å². The quantitative estimate of drug-likeness (QED) is 0.418. The van der Waals surface area contributed by atoms with Crippen LogP contribution >= 0.6 is 11.3 Å². The van der Waals surface area contributed by atoms with E-state index in [1.165, 1.54) is 29.5 Å². The number of furan rings is 1. The zero-order valence-corrected chi connectivity index (χ0v) is 13.9. The summed E-state index contributed by atoms with van der Waals surface area (Å²) in [6, 6.07) is 9.59. The molecule has 0 unspecified atom stereocenters. The molecular weight excluding hydrogens is 342 g/mol. The molecular formula is C17H13N3O4S. The highest BCUT2D eigenvalue weighted by Gasteiger charge is 2.09. The lowest BCUT2D eigenvalue weighted by Crippen LogP contribution is -2.07. The summed E-state index contributed by atoms with van der Waals surface area (Å²) in [5.74, 6) is 1.10. The number of nitrogens with one attached hydrogen (secondary N) is 1. The smallest absolute Gasteiger partial charge is 0.269 e. The maximum Gasteiger partial charge on any atom is 0.269 e. The molecule has 3 rings (SSSR count). The first-order valence-electron chi connectivity index (χ1n) is 7.27. The van der Waals surface area contributed by atoms with E-state index in [1.54, 1.807) is 23.6 Å². The highest BCUT2D eigenvalue weighted by atomic mass is 32.1. The van der Waals surface area contributed by atoms with Crippen LogP contribution in [-0.4, -0.2) is 15.8 Å². The lowest BCUT2D eigenvalue weighted by atomic mass is 10.2. The lowest BCUT2D eigenvalue weighted by molar-refractivity contribution is -0.384. The standard InChI is InChI=1S/C17H13N3O4S/c1-11-2-8-15(24-11)14-10-25-17(18-14)19-16(21)9-5-12-3-6-13(7-4-12)20(22)23/h2-10H,1H3,(H,18,19,21). The van der Waals surface area contributed by atoms with E-state index in [0.717, 1.165) is 5.76 Å². The van der Waals surface area contributed by atoms with Gasteiger partial charge in [-0.2, -0.15) is 0 Å². The number of aromatic nitrogens is 1. The minimum Gasteiger partial charge on any atom is -0.460 e. The van der Waals surface area contributed by atoms with Gasteiger partial charge in [0, 0.05) is 23.6 Å². The van der Waals surface area contributed by atoms with Gasteiger partial charge in [-0.1, -0.05) is 0 Å². The minimum absolute atomic E-state index is 0.00470. The molecule has 0 aliphatic heterocycles. The number of rotatable bonds is 5. The average Bonchev–Trinajstić information content (AvgIpc) is 3.22. The summed E-state index contributed by atoms with van der Waals surface area (Å²) in [4.78, 5) is 26.4. The Kier molecular flexibility index (Phi) is 4.71. The number of nitro groups is 1. The summed E-state index contributed by atoms with van der Waals surface area (Å²) >= 11 is 1.30. The molecule has 25 heavy (non-hydrogen) atoms. The van der Waals surface area contributed by atoms with Gasteiger partial charge in [0.1, 0.15) is 11.5 Å². The Bertz CT molecular complexity index is 941. The summed E-state index contributed by atoms with van der Waals surface area (Å²) in [7, 11) is 0. The number of thiazole rings is 1. The molecule has 0 radical (unpaired) electrons. The summed E-state index contributed by atoms with van der Waals surface area (Å²) in [5, 5.41) is 15.5. The Balaban J connectivity index is 1.62. The van der Waals surface area contributed by atoms with E-state index in [1.807, 2.05) is 19.1 Å². The van der Waals surface area contributed by atoms with Gasteiger partial charge in [-0.25, -0.2) is 4.98 Å². The predicted molar refractivity (Wildman–Crippen MR) is 95.3 cm³/mol. The van der Waals surface area contributed by atoms with Crippen molar-refractivity contribution in [2.75, 3.05) is 5.32 Å². The summed E-state index contributed by atoms with van der Waals surface area (Å²) < 4.78 is 5.49. The molecule has 0 spiro atoms. The van der Waals surface area contributed by atoms with Gasteiger partial charge in [-0.05, 0) is 42.8 Å². The molecule has 3 aromatic rings. The molecule has 0 saturated heterocycles. The predicted octanol–water partition coefficient (Wildman–Crippen LogP) is 4.27. The second-order valence-corrected chi connectivity index (χ2v) is 5.98. The monoisotopic (exact) mass is 355 g/mol. The molecule has 0 aliphatic carbocycles. The molecule has 0 aliphatic rings. The number of carbonyl (C=O) groups excluding carboxylic acids is 1. The molecule has 8 heteroatoms. The molecule has 0 fully saturated rings. The number of hydrogen-bond donors (Lipinski definition) is 1. The van der Waals surface area contributed by atoms with Gasteiger partial charge < -0.3 is 4.42 Å². The van der Waals surface area contributed by atoms with E-state index in [-0.39, 0.29) is 11.6 Å². The second-order valence-electron chi connectivity index (χ2n) is 5.12. The first-order chi connectivity index (χ1) is 12.0. The normalized spacial score (nSPS) is 10.9. The van der Waals surface area contributed by atoms with Crippen molar-refractivity contribution in [1.82, 2.24) is 4.98 Å². The first kappa shape index (κ1) is 16.6. The third-order valence-corrected chi connectivity index (χ3v) is 4.02. The van der Waals surface area contributed by atoms with E-state index in [4.69, 9.17) is 4.42 Å². The number of aryl methyl sites for hydroxylation is 1. The highest BCUT2D eigenvalue weighted by Crippen LogP contribution is 2.26. The molecule has 0 atom stereocenters. The average molecular weight is 355 g/mol. The van der Waals surface area contributed by atoms with Crippen LogP contribution < -0.4 is 5.32 Å². The molecule has 1 amide bonds. The van der Waals surface area contributed by atoms with Crippen molar-refractivity contribution in [3.63, 3.8) is 0 Å². The third kappa shape index (κ3) is 4.18. The number of benzene rings is 1. The van der Waals surface area contributed by atoms with Crippen molar-refractivity contribution >= 4 is 34.1 Å². The van der Waals surface area contributed by atoms with Gasteiger partial charge in [-0.15, -0.1) is 11.3 Å². The Morgan fingerprint density at radius 3 is 2.68 bits per heavy atom. The van der Waals surface area contributed by atoms with E-state index < -0.39 is 4.92 Å². The van der Waals surface area contributed by atoms with Crippen LogP contribution in [0.2, 0.25) is 0 Å². The van der Waals surface area contributed by atoms with Gasteiger partial charge in [0.25, 0.3) is 5.69 Å². The van der Waals surface area contributed by atoms with Gasteiger partial charge >= 0.3 is 0 Å². The van der Waals surface area contributed by atoms with E-state index in [9.17, 15) is 14.9 Å². The second kappa shape index (κ2) is 7.10. The van der Waals surface area contributed by atoms with Gasteiger partial charge in [-0.3, -0.25) is 20.2 Å². The number of nitrogens with zero attached hydrogens (tertiary/aromatic N) is 2. The number of hydrogen-bond acceptors (Lipinski definition) is 6. The van der Waals surface area contributed by atoms with E-state index in [0.29, 0.717) is 22.1 Å². The number of carbonyl (C=O) groups is 1. The maximum atomic E-state index is 11.9. The Morgan fingerprint density at radius 2 is 2.04 bits per heavy atom. The van der Waals surface area contributed by atoms with Crippen LogP contribution in [0.15, 0.2) is 52.3 Å². The van der Waals surface area contributed by atoms with Crippen molar-refractivity contribution in [3.8, 4) is 11.5 Å². The fourth-order valence-corrected chi connectivity index (χ4v) is 2.75. The Hall–Kier alpha value is -3.26.